The number of rotatable bonds is 2. The summed E-state index contributed by atoms with van der Waals surface area (Å²) >= 11 is 0. The third-order valence-electron chi connectivity index (χ3n) is 1.40. The summed E-state index contributed by atoms with van der Waals surface area (Å²) in [4.78, 5) is 0.101. The van der Waals surface area contributed by atoms with Gasteiger partial charge in [-0.25, -0.2) is 8.42 Å². The van der Waals surface area contributed by atoms with Crippen molar-refractivity contribution >= 4 is 9.84 Å². The maximum Gasteiger partial charge on any atom is 0.195 e. The SMILES string of the molecule is Cc1occc1S(=O)(=O)CC#N. The van der Waals surface area contributed by atoms with E-state index in [4.69, 9.17) is 9.68 Å². The zero-order valence-corrected chi connectivity index (χ0v) is 7.26. The standard InChI is InChI=1S/C7H7NO3S/c1-6-7(2-4-11-6)12(9,10)5-3-8/h2,4H,5H2,1H3. The molecule has 5 heteroatoms. The topological polar surface area (TPSA) is 71.1 Å². The van der Waals surface area contributed by atoms with E-state index in [0.717, 1.165) is 0 Å². The lowest BCUT2D eigenvalue weighted by Crippen LogP contribution is -2.04. The highest BCUT2D eigenvalue weighted by atomic mass is 32.2. The molecule has 0 aliphatic carbocycles. The predicted octanol–water partition coefficient (Wildman–Crippen LogP) is 0.885. The Morgan fingerprint density at radius 1 is 1.67 bits per heavy atom. The van der Waals surface area contributed by atoms with Gasteiger partial charge in [0.25, 0.3) is 0 Å². The molecule has 0 fully saturated rings. The number of sulfone groups is 1. The summed E-state index contributed by atoms with van der Waals surface area (Å²) in [7, 11) is -3.45. The van der Waals surface area contributed by atoms with E-state index < -0.39 is 15.6 Å². The molecule has 0 amide bonds. The first-order valence-corrected chi connectivity index (χ1v) is 4.87. The van der Waals surface area contributed by atoms with E-state index in [0.29, 0.717) is 5.76 Å². The average molecular weight is 185 g/mol. The van der Waals surface area contributed by atoms with Crippen molar-refractivity contribution in [3.05, 3.63) is 18.1 Å². The average Bonchev–Trinajstić information content (AvgIpc) is 2.35. The van der Waals surface area contributed by atoms with Crippen LogP contribution in [0.15, 0.2) is 21.6 Å². The number of aryl methyl sites for hydroxylation is 1. The second-order valence-electron chi connectivity index (χ2n) is 2.26. The number of hydrogen-bond donors (Lipinski definition) is 0. The third-order valence-corrected chi connectivity index (χ3v) is 3.00. The van der Waals surface area contributed by atoms with Gasteiger partial charge in [-0.3, -0.25) is 0 Å². The first-order chi connectivity index (χ1) is 5.58. The Hall–Kier alpha value is -1.28. The minimum atomic E-state index is -3.45. The number of furan rings is 1. The van der Waals surface area contributed by atoms with Gasteiger partial charge in [0.15, 0.2) is 9.84 Å². The molecule has 0 aliphatic heterocycles. The largest absolute Gasteiger partial charge is 0.468 e. The lowest BCUT2D eigenvalue weighted by molar-refractivity contribution is 0.523. The normalized spacial score (nSPS) is 11.0. The van der Waals surface area contributed by atoms with Gasteiger partial charge in [-0.05, 0) is 13.0 Å². The fourth-order valence-corrected chi connectivity index (χ4v) is 1.93. The van der Waals surface area contributed by atoms with Crippen LogP contribution in [0.25, 0.3) is 0 Å². The maximum atomic E-state index is 11.2. The first kappa shape index (κ1) is 8.81. The van der Waals surface area contributed by atoms with Crippen LogP contribution in [0, 0.1) is 18.3 Å². The summed E-state index contributed by atoms with van der Waals surface area (Å²) < 4.78 is 27.3. The van der Waals surface area contributed by atoms with E-state index in [1.54, 1.807) is 13.0 Å². The van der Waals surface area contributed by atoms with Crippen molar-refractivity contribution in [2.45, 2.75) is 11.8 Å². The van der Waals surface area contributed by atoms with Crippen LogP contribution in [0.3, 0.4) is 0 Å². The van der Waals surface area contributed by atoms with Gasteiger partial charge in [-0.1, -0.05) is 0 Å². The molecule has 0 aromatic carbocycles. The second kappa shape index (κ2) is 2.99. The van der Waals surface area contributed by atoms with E-state index in [1.165, 1.54) is 12.3 Å². The minimum Gasteiger partial charge on any atom is -0.468 e. The van der Waals surface area contributed by atoms with Crippen LogP contribution in [0.5, 0.6) is 0 Å². The van der Waals surface area contributed by atoms with Gasteiger partial charge in [-0.2, -0.15) is 5.26 Å². The minimum absolute atomic E-state index is 0.101. The Morgan fingerprint density at radius 3 is 2.75 bits per heavy atom. The number of nitriles is 1. The van der Waals surface area contributed by atoms with Crippen LogP contribution in [0.1, 0.15) is 5.76 Å². The molecule has 4 nitrogen and oxygen atoms in total. The van der Waals surface area contributed by atoms with Crippen molar-refractivity contribution in [1.82, 2.24) is 0 Å². The molecule has 0 saturated carbocycles. The number of nitrogens with zero attached hydrogens (tertiary/aromatic N) is 1. The molecule has 1 heterocycles. The van der Waals surface area contributed by atoms with Crippen molar-refractivity contribution < 1.29 is 12.8 Å². The molecule has 0 unspecified atom stereocenters. The highest BCUT2D eigenvalue weighted by molar-refractivity contribution is 7.91. The molecule has 1 rings (SSSR count). The second-order valence-corrected chi connectivity index (χ2v) is 4.22. The summed E-state index contributed by atoms with van der Waals surface area (Å²) in [6.45, 7) is 1.55. The van der Waals surface area contributed by atoms with E-state index in [1.807, 2.05) is 0 Å². The van der Waals surface area contributed by atoms with E-state index >= 15 is 0 Å². The molecule has 1 aromatic rings. The fourth-order valence-electron chi connectivity index (χ4n) is 0.859. The van der Waals surface area contributed by atoms with Crippen molar-refractivity contribution in [3.63, 3.8) is 0 Å². The van der Waals surface area contributed by atoms with Crippen molar-refractivity contribution in [2.24, 2.45) is 0 Å². The summed E-state index contributed by atoms with van der Waals surface area (Å²) in [6.07, 6.45) is 1.29. The van der Waals surface area contributed by atoms with E-state index in [2.05, 4.69) is 0 Å². The fraction of sp³-hybridized carbons (Fsp3) is 0.286. The third kappa shape index (κ3) is 1.48. The molecule has 0 N–H and O–H groups in total. The zero-order valence-electron chi connectivity index (χ0n) is 6.44. The summed E-state index contributed by atoms with van der Waals surface area (Å²) in [5.41, 5.74) is 0. The highest BCUT2D eigenvalue weighted by Crippen LogP contribution is 2.16. The Morgan fingerprint density at radius 2 is 2.33 bits per heavy atom. The van der Waals surface area contributed by atoms with Crippen molar-refractivity contribution in [1.29, 1.82) is 5.26 Å². The Kier molecular flexibility index (Phi) is 2.20. The van der Waals surface area contributed by atoms with Gasteiger partial charge in [-0.15, -0.1) is 0 Å². The Labute approximate surface area is 70.3 Å². The van der Waals surface area contributed by atoms with Crippen LogP contribution >= 0.6 is 0 Å². The zero-order chi connectivity index (χ0) is 9.19. The van der Waals surface area contributed by atoms with Gasteiger partial charge in [0.05, 0.1) is 12.3 Å². The van der Waals surface area contributed by atoms with Crippen LogP contribution in [0.4, 0.5) is 0 Å². The van der Waals surface area contributed by atoms with Crippen LogP contribution < -0.4 is 0 Å². The molecule has 0 aliphatic rings. The van der Waals surface area contributed by atoms with Gasteiger partial charge in [0.1, 0.15) is 16.4 Å². The monoisotopic (exact) mass is 185 g/mol. The molecular weight excluding hydrogens is 178 g/mol. The molecule has 0 spiro atoms. The lowest BCUT2D eigenvalue weighted by atomic mass is 10.5. The van der Waals surface area contributed by atoms with E-state index in [9.17, 15) is 8.42 Å². The summed E-state index contributed by atoms with van der Waals surface area (Å²) in [6, 6.07) is 2.94. The van der Waals surface area contributed by atoms with E-state index in [-0.39, 0.29) is 4.90 Å². The Bertz CT molecular complexity index is 410. The molecule has 0 radical (unpaired) electrons. The lowest BCUT2D eigenvalue weighted by Gasteiger charge is -1.94. The molecule has 0 atom stereocenters. The van der Waals surface area contributed by atoms with Crippen LogP contribution in [0.2, 0.25) is 0 Å². The van der Waals surface area contributed by atoms with Gasteiger partial charge >= 0.3 is 0 Å². The first-order valence-electron chi connectivity index (χ1n) is 3.22. The Balaban J connectivity index is 3.17. The molecule has 0 bridgehead atoms. The van der Waals surface area contributed by atoms with Gasteiger partial charge < -0.3 is 4.42 Å². The molecule has 0 saturated heterocycles. The van der Waals surface area contributed by atoms with Crippen molar-refractivity contribution in [3.8, 4) is 6.07 Å². The molecule has 1 aromatic heterocycles. The highest BCUT2D eigenvalue weighted by Gasteiger charge is 2.18. The van der Waals surface area contributed by atoms with Crippen LogP contribution in [-0.2, 0) is 9.84 Å². The smallest absolute Gasteiger partial charge is 0.195 e. The molecule has 64 valence electrons. The quantitative estimate of drug-likeness (QED) is 0.685. The maximum absolute atomic E-state index is 11.2. The predicted molar refractivity (Wildman–Crippen MR) is 41.1 cm³/mol. The summed E-state index contributed by atoms with van der Waals surface area (Å²) in [5, 5.41) is 8.23. The number of hydrogen-bond acceptors (Lipinski definition) is 4. The summed E-state index contributed by atoms with van der Waals surface area (Å²) in [5.74, 6) is -0.182. The van der Waals surface area contributed by atoms with Gasteiger partial charge in [0.2, 0.25) is 0 Å². The molecular formula is C7H7NO3S. The van der Waals surface area contributed by atoms with Crippen LogP contribution in [-0.4, -0.2) is 14.2 Å². The van der Waals surface area contributed by atoms with Crippen molar-refractivity contribution in [2.75, 3.05) is 5.75 Å². The molecule has 12 heavy (non-hydrogen) atoms. The van der Waals surface area contributed by atoms with Gasteiger partial charge in [0, 0.05) is 0 Å².